The number of nitrogens with one attached hydrogen (secondary N) is 1. The minimum absolute atomic E-state index is 0.168. The van der Waals surface area contributed by atoms with E-state index in [-0.39, 0.29) is 17.3 Å². The number of quaternary nitrogens is 1. The molecule has 0 aromatic carbocycles. The maximum atomic E-state index is 11.2. The number of ether oxygens (including phenoxy) is 1. The average Bonchev–Trinajstić information content (AvgIpc) is 2.17. The fourth-order valence-electron chi connectivity index (χ4n) is 2.21. The quantitative estimate of drug-likeness (QED) is 0.536. The van der Waals surface area contributed by atoms with Crippen molar-refractivity contribution in [2.75, 3.05) is 25.9 Å². The standard InChI is InChI=1S/C11H21NO2S/c1-11(2,14-10(13)8-15)9-4-6-12(3)7-5-9/h9,15H,4-8H2,1-3H3/p+1. The minimum Gasteiger partial charge on any atom is -0.459 e. The maximum Gasteiger partial charge on any atom is 0.316 e. The SMILES string of the molecule is C[NH+]1CCC(C(C)(C)OC(=O)CS)CC1. The Kier molecular flexibility index (Phi) is 4.46. The van der Waals surface area contributed by atoms with Crippen molar-refractivity contribution in [3.05, 3.63) is 0 Å². The second kappa shape index (κ2) is 5.21. The van der Waals surface area contributed by atoms with Crippen molar-refractivity contribution in [2.24, 2.45) is 5.92 Å². The van der Waals surface area contributed by atoms with Gasteiger partial charge in [0.05, 0.1) is 25.9 Å². The Bertz CT molecular complexity index is 223. The molecule has 0 amide bonds. The van der Waals surface area contributed by atoms with Gasteiger partial charge in [-0.15, -0.1) is 0 Å². The third-order valence-corrected chi connectivity index (χ3v) is 3.59. The molecule has 0 atom stereocenters. The van der Waals surface area contributed by atoms with Crippen LogP contribution in [-0.4, -0.2) is 37.5 Å². The first-order valence-electron chi connectivity index (χ1n) is 5.59. The summed E-state index contributed by atoms with van der Waals surface area (Å²) >= 11 is 3.93. The first-order chi connectivity index (χ1) is 6.95. The van der Waals surface area contributed by atoms with Gasteiger partial charge in [-0.05, 0) is 13.8 Å². The molecular weight excluding hydrogens is 210 g/mol. The molecule has 0 radical (unpaired) electrons. The van der Waals surface area contributed by atoms with Gasteiger partial charge in [0.15, 0.2) is 0 Å². The maximum absolute atomic E-state index is 11.2. The number of thiol groups is 1. The molecule has 1 heterocycles. The summed E-state index contributed by atoms with van der Waals surface area (Å²) in [7, 11) is 2.21. The molecule has 4 heteroatoms. The lowest BCUT2D eigenvalue weighted by Gasteiger charge is -2.37. The van der Waals surface area contributed by atoms with Crippen molar-refractivity contribution in [3.8, 4) is 0 Å². The topological polar surface area (TPSA) is 30.7 Å². The Balaban J connectivity index is 2.49. The lowest BCUT2D eigenvalue weighted by Crippen LogP contribution is -3.10. The molecule has 0 saturated carbocycles. The van der Waals surface area contributed by atoms with E-state index in [1.54, 1.807) is 4.90 Å². The summed E-state index contributed by atoms with van der Waals surface area (Å²) in [5.41, 5.74) is -0.333. The molecule has 15 heavy (non-hydrogen) atoms. The zero-order valence-corrected chi connectivity index (χ0v) is 10.8. The summed E-state index contributed by atoms with van der Waals surface area (Å²) in [6.07, 6.45) is 2.28. The van der Waals surface area contributed by atoms with Crippen LogP contribution in [0.4, 0.5) is 0 Å². The normalized spacial score (nSPS) is 27.5. The van der Waals surface area contributed by atoms with Crippen LogP contribution in [0.1, 0.15) is 26.7 Å². The second-order valence-corrected chi connectivity index (χ2v) is 5.28. The van der Waals surface area contributed by atoms with E-state index < -0.39 is 0 Å². The molecule has 0 aliphatic carbocycles. The van der Waals surface area contributed by atoms with Crippen molar-refractivity contribution < 1.29 is 14.4 Å². The summed E-state index contributed by atoms with van der Waals surface area (Å²) in [5, 5.41) is 0. The van der Waals surface area contributed by atoms with Gasteiger partial charge < -0.3 is 9.64 Å². The van der Waals surface area contributed by atoms with Crippen LogP contribution in [0.25, 0.3) is 0 Å². The fourth-order valence-corrected chi connectivity index (χ4v) is 2.28. The summed E-state index contributed by atoms with van der Waals surface area (Å²) in [6, 6.07) is 0. The molecule has 1 saturated heterocycles. The number of carbonyl (C=O) groups is 1. The van der Waals surface area contributed by atoms with E-state index in [4.69, 9.17) is 4.74 Å². The third-order valence-electron chi connectivity index (χ3n) is 3.33. The average molecular weight is 232 g/mol. The molecule has 0 bridgehead atoms. The van der Waals surface area contributed by atoms with E-state index in [2.05, 4.69) is 19.7 Å². The van der Waals surface area contributed by atoms with E-state index in [0.29, 0.717) is 5.92 Å². The molecule has 3 nitrogen and oxygen atoms in total. The van der Waals surface area contributed by atoms with Gasteiger partial charge in [-0.3, -0.25) is 4.79 Å². The number of rotatable bonds is 3. The van der Waals surface area contributed by atoms with Gasteiger partial charge in [0.1, 0.15) is 5.60 Å². The molecule has 1 aliphatic rings. The van der Waals surface area contributed by atoms with Crippen LogP contribution in [-0.2, 0) is 9.53 Å². The summed E-state index contributed by atoms with van der Waals surface area (Å²) in [4.78, 5) is 12.8. The summed E-state index contributed by atoms with van der Waals surface area (Å²) in [6.45, 7) is 6.37. The van der Waals surface area contributed by atoms with Crippen LogP contribution in [0, 0.1) is 5.92 Å². The number of piperidine rings is 1. The largest absolute Gasteiger partial charge is 0.459 e. The van der Waals surface area contributed by atoms with Crippen LogP contribution in [0.15, 0.2) is 0 Å². The van der Waals surface area contributed by atoms with Crippen molar-refractivity contribution >= 4 is 18.6 Å². The first-order valence-corrected chi connectivity index (χ1v) is 6.23. The van der Waals surface area contributed by atoms with E-state index in [9.17, 15) is 4.79 Å². The predicted octanol–water partition coefficient (Wildman–Crippen LogP) is 0.163. The van der Waals surface area contributed by atoms with Gasteiger partial charge in [0, 0.05) is 18.8 Å². The Morgan fingerprint density at radius 2 is 2.00 bits per heavy atom. The van der Waals surface area contributed by atoms with Crippen LogP contribution in [0.3, 0.4) is 0 Å². The van der Waals surface area contributed by atoms with Gasteiger partial charge in [-0.1, -0.05) is 0 Å². The van der Waals surface area contributed by atoms with E-state index in [1.807, 2.05) is 13.8 Å². The van der Waals surface area contributed by atoms with E-state index >= 15 is 0 Å². The highest BCUT2D eigenvalue weighted by molar-refractivity contribution is 7.81. The second-order valence-electron chi connectivity index (χ2n) is 4.97. The summed E-state index contributed by atoms with van der Waals surface area (Å²) < 4.78 is 5.44. The van der Waals surface area contributed by atoms with Crippen molar-refractivity contribution in [1.29, 1.82) is 0 Å². The molecule has 88 valence electrons. The molecule has 1 aliphatic heterocycles. The fraction of sp³-hybridized carbons (Fsp3) is 0.909. The lowest BCUT2D eigenvalue weighted by atomic mass is 9.83. The highest BCUT2D eigenvalue weighted by Gasteiger charge is 2.36. The molecule has 0 aromatic rings. The Hall–Kier alpha value is -0.220. The monoisotopic (exact) mass is 232 g/mol. The van der Waals surface area contributed by atoms with Gasteiger partial charge >= 0.3 is 5.97 Å². The van der Waals surface area contributed by atoms with E-state index in [0.717, 1.165) is 12.8 Å². The Morgan fingerprint density at radius 3 is 2.47 bits per heavy atom. The Labute approximate surface area is 97.6 Å². The number of esters is 1. The number of carbonyl (C=O) groups excluding carboxylic acids is 1. The number of likely N-dealkylation sites (tertiary alicyclic amines) is 1. The van der Waals surface area contributed by atoms with Crippen molar-refractivity contribution in [3.63, 3.8) is 0 Å². The molecule has 1 rings (SSSR count). The van der Waals surface area contributed by atoms with Crippen LogP contribution >= 0.6 is 12.6 Å². The molecule has 0 spiro atoms. The predicted molar refractivity (Wildman–Crippen MR) is 63.4 cm³/mol. The van der Waals surface area contributed by atoms with Crippen LogP contribution in [0.5, 0.6) is 0 Å². The Morgan fingerprint density at radius 1 is 1.47 bits per heavy atom. The third kappa shape index (κ3) is 3.68. The number of hydrogen-bond donors (Lipinski definition) is 2. The summed E-state index contributed by atoms with van der Waals surface area (Å²) in [5.74, 6) is 0.445. The van der Waals surface area contributed by atoms with Crippen LogP contribution < -0.4 is 4.90 Å². The highest BCUT2D eigenvalue weighted by atomic mass is 32.1. The van der Waals surface area contributed by atoms with Crippen molar-refractivity contribution in [1.82, 2.24) is 0 Å². The van der Waals surface area contributed by atoms with Gasteiger partial charge in [0.2, 0.25) is 0 Å². The van der Waals surface area contributed by atoms with Gasteiger partial charge in [-0.25, -0.2) is 0 Å². The molecule has 1 fully saturated rings. The van der Waals surface area contributed by atoms with Crippen LogP contribution in [0.2, 0.25) is 0 Å². The highest BCUT2D eigenvalue weighted by Crippen LogP contribution is 2.28. The molecular formula is C11H22NO2S+. The lowest BCUT2D eigenvalue weighted by molar-refractivity contribution is -0.886. The molecule has 0 unspecified atom stereocenters. The van der Waals surface area contributed by atoms with Gasteiger partial charge in [0.25, 0.3) is 0 Å². The zero-order valence-electron chi connectivity index (χ0n) is 9.88. The number of hydrogen-bond acceptors (Lipinski definition) is 3. The first kappa shape index (κ1) is 12.8. The molecule has 0 aromatic heterocycles. The molecule has 1 N–H and O–H groups in total. The van der Waals surface area contributed by atoms with Crippen molar-refractivity contribution in [2.45, 2.75) is 32.3 Å². The minimum atomic E-state index is -0.333. The smallest absolute Gasteiger partial charge is 0.316 e. The van der Waals surface area contributed by atoms with Gasteiger partial charge in [-0.2, -0.15) is 12.6 Å². The zero-order chi connectivity index (χ0) is 11.5. The van der Waals surface area contributed by atoms with E-state index in [1.165, 1.54) is 13.1 Å².